The molecule has 2 heterocycles. The fraction of sp³-hybridized carbons (Fsp3) is 0.286. The molecule has 138 valence electrons. The minimum absolute atomic E-state index is 0.294. The average Bonchev–Trinajstić information content (AvgIpc) is 3.16. The lowest BCUT2D eigenvalue weighted by Gasteiger charge is -2.22. The van der Waals surface area contributed by atoms with E-state index in [1.165, 1.54) is 7.11 Å². The number of H-pyrrole nitrogens is 1. The number of benzene rings is 1. The molecule has 0 spiro atoms. The number of ether oxygens (including phenoxy) is 2. The molecule has 4 rings (SSSR count). The fourth-order valence-corrected chi connectivity index (χ4v) is 3.53. The third-order valence-corrected chi connectivity index (χ3v) is 5.03. The number of carbonyl (C=O) groups excluding carboxylic acids is 2. The van der Waals surface area contributed by atoms with Crippen LogP contribution in [0, 0.1) is 0 Å². The van der Waals surface area contributed by atoms with E-state index in [-0.39, 0.29) is 0 Å². The van der Waals surface area contributed by atoms with Gasteiger partial charge in [0.05, 0.1) is 13.3 Å². The summed E-state index contributed by atoms with van der Waals surface area (Å²) in [5.41, 5.74) is 2.21. The van der Waals surface area contributed by atoms with Gasteiger partial charge in [-0.2, -0.15) is 0 Å². The van der Waals surface area contributed by atoms with Gasteiger partial charge in [-0.15, -0.1) is 0 Å². The summed E-state index contributed by atoms with van der Waals surface area (Å²) in [6.45, 7) is 0. The highest BCUT2D eigenvalue weighted by molar-refractivity contribution is 5.92. The van der Waals surface area contributed by atoms with Crippen molar-refractivity contribution < 1.29 is 19.1 Å². The van der Waals surface area contributed by atoms with E-state index >= 15 is 0 Å². The second kappa shape index (κ2) is 7.23. The van der Waals surface area contributed by atoms with Gasteiger partial charge in [-0.25, -0.2) is 9.78 Å². The van der Waals surface area contributed by atoms with Gasteiger partial charge in [-0.3, -0.25) is 4.79 Å². The molecule has 6 nitrogen and oxygen atoms in total. The summed E-state index contributed by atoms with van der Waals surface area (Å²) in [7, 11) is 1.35. The lowest BCUT2D eigenvalue weighted by atomic mass is 9.83. The van der Waals surface area contributed by atoms with E-state index in [0.717, 1.165) is 29.4 Å². The number of aromatic amines is 1. The smallest absolute Gasteiger partial charge is 0.341 e. The Morgan fingerprint density at radius 2 is 2.00 bits per heavy atom. The van der Waals surface area contributed by atoms with Crippen molar-refractivity contribution in [2.24, 2.45) is 0 Å². The Kier molecular flexibility index (Phi) is 4.62. The zero-order valence-electron chi connectivity index (χ0n) is 15.0. The molecule has 6 heteroatoms. The predicted molar refractivity (Wildman–Crippen MR) is 100 cm³/mol. The van der Waals surface area contributed by atoms with Crippen molar-refractivity contribution in [1.82, 2.24) is 9.97 Å². The van der Waals surface area contributed by atoms with Crippen molar-refractivity contribution in [3.05, 3.63) is 53.9 Å². The Morgan fingerprint density at radius 1 is 1.19 bits per heavy atom. The molecule has 0 bridgehead atoms. The average molecular weight is 364 g/mol. The first-order valence-corrected chi connectivity index (χ1v) is 8.99. The van der Waals surface area contributed by atoms with Crippen molar-refractivity contribution >= 4 is 22.8 Å². The number of ketones is 1. The highest BCUT2D eigenvalue weighted by Crippen LogP contribution is 2.36. The van der Waals surface area contributed by atoms with E-state index in [4.69, 9.17) is 9.47 Å². The topological polar surface area (TPSA) is 81.3 Å². The first-order chi connectivity index (χ1) is 13.1. The number of Topliss-reactive ketones (excluding diaryl/α,β-unsaturated/α-hetero) is 1. The fourth-order valence-electron chi connectivity index (χ4n) is 3.53. The van der Waals surface area contributed by atoms with Crippen LogP contribution in [0.2, 0.25) is 0 Å². The number of rotatable bonds is 4. The molecule has 0 radical (unpaired) electrons. The van der Waals surface area contributed by atoms with Gasteiger partial charge < -0.3 is 14.5 Å². The number of pyridine rings is 1. The first kappa shape index (κ1) is 17.3. The van der Waals surface area contributed by atoms with E-state index in [0.29, 0.717) is 41.6 Å². The molecule has 0 aliphatic heterocycles. The summed E-state index contributed by atoms with van der Waals surface area (Å²) in [4.78, 5) is 31.0. The third kappa shape index (κ3) is 3.56. The maximum Gasteiger partial charge on any atom is 0.341 e. The van der Waals surface area contributed by atoms with Gasteiger partial charge in [-0.05, 0) is 48.6 Å². The van der Waals surface area contributed by atoms with Crippen molar-refractivity contribution in [2.45, 2.75) is 31.6 Å². The van der Waals surface area contributed by atoms with E-state index in [2.05, 4.69) is 9.97 Å². The van der Waals surface area contributed by atoms with Gasteiger partial charge in [0, 0.05) is 24.4 Å². The maximum atomic E-state index is 12.2. The van der Waals surface area contributed by atoms with Crippen LogP contribution in [0.25, 0.3) is 11.0 Å². The van der Waals surface area contributed by atoms with Crippen LogP contribution < -0.4 is 4.74 Å². The van der Waals surface area contributed by atoms with Gasteiger partial charge in [-0.1, -0.05) is 6.07 Å². The number of hydrogen-bond acceptors (Lipinski definition) is 5. The second-order valence-corrected chi connectivity index (χ2v) is 6.75. The normalized spacial score (nSPS) is 15.1. The summed E-state index contributed by atoms with van der Waals surface area (Å²) >= 11 is 0. The molecule has 1 N–H and O–H groups in total. The van der Waals surface area contributed by atoms with Crippen LogP contribution in [0.1, 0.15) is 47.5 Å². The molecule has 1 saturated carbocycles. The molecule has 3 aromatic rings. The molecule has 1 aliphatic rings. The predicted octanol–water partition coefficient (Wildman–Crippen LogP) is 4.37. The highest BCUT2D eigenvalue weighted by Gasteiger charge is 2.23. The van der Waals surface area contributed by atoms with Crippen LogP contribution in [0.4, 0.5) is 0 Å². The number of methoxy groups -OCH3 is 1. The van der Waals surface area contributed by atoms with Crippen LogP contribution in [0.5, 0.6) is 11.5 Å². The molecule has 0 unspecified atom stereocenters. The largest absolute Gasteiger partial charge is 0.465 e. The van der Waals surface area contributed by atoms with Gasteiger partial charge in [0.25, 0.3) is 0 Å². The van der Waals surface area contributed by atoms with Gasteiger partial charge >= 0.3 is 5.97 Å². The first-order valence-electron chi connectivity index (χ1n) is 8.99. The quantitative estimate of drug-likeness (QED) is 0.695. The van der Waals surface area contributed by atoms with Crippen molar-refractivity contribution in [3.8, 4) is 11.5 Å². The van der Waals surface area contributed by atoms with E-state index in [1.54, 1.807) is 12.3 Å². The molecule has 2 aromatic heterocycles. The number of hydrogen-bond donors (Lipinski definition) is 1. The molecule has 0 amide bonds. The SMILES string of the molecule is COC(=O)c1ccc(C2CCC(=O)CC2)cc1Oc1cnc2[nH]ccc2c1. The molecular weight excluding hydrogens is 344 g/mol. The number of nitrogens with one attached hydrogen (secondary N) is 1. The van der Waals surface area contributed by atoms with Gasteiger partial charge in [0.15, 0.2) is 0 Å². The standard InChI is InChI=1S/C21H20N2O4/c1-26-21(25)18-7-4-14(13-2-5-16(24)6-3-13)11-19(18)27-17-10-15-8-9-22-20(15)23-12-17/h4,7-13H,2-3,5-6H2,1H3,(H,22,23). The number of carbonyl (C=O) groups is 2. The Morgan fingerprint density at radius 3 is 2.78 bits per heavy atom. The molecule has 1 aliphatic carbocycles. The van der Waals surface area contributed by atoms with E-state index < -0.39 is 5.97 Å². The third-order valence-electron chi connectivity index (χ3n) is 5.03. The van der Waals surface area contributed by atoms with Gasteiger partial charge in [0.1, 0.15) is 28.5 Å². The zero-order chi connectivity index (χ0) is 18.8. The molecule has 1 aromatic carbocycles. The van der Waals surface area contributed by atoms with E-state index in [1.807, 2.05) is 30.5 Å². The van der Waals surface area contributed by atoms with Gasteiger partial charge in [0.2, 0.25) is 0 Å². The Labute approximate surface area is 156 Å². The minimum atomic E-state index is -0.453. The summed E-state index contributed by atoms with van der Waals surface area (Å²) in [6.07, 6.45) is 6.29. The Hall–Kier alpha value is -3.15. The Balaban J connectivity index is 1.67. The molecule has 27 heavy (non-hydrogen) atoms. The monoisotopic (exact) mass is 364 g/mol. The van der Waals surface area contributed by atoms with Crippen molar-refractivity contribution in [2.75, 3.05) is 7.11 Å². The lowest BCUT2D eigenvalue weighted by Crippen LogP contribution is -2.13. The summed E-state index contributed by atoms with van der Waals surface area (Å²) in [6, 6.07) is 9.31. The number of fused-ring (bicyclic) bond motifs is 1. The number of nitrogens with zero attached hydrogens (tertiary/aromatic N) is 1. The van der Waals surface area contributed by atoms with Crippen LogP contribution in [-0.2, 0) is 9.53 Å². The highest BCUT2D eigenvalue weighted by atomic mass is 16.5. The molecule has 0 saturated heterocycles. The van der Waals surface area contributed by atoms with E-state index in [9.17, 15) is 9.59 Å². The van der Waals surface area contributed by atoms with Crippen LogP contribution >= 0.6 is 0 Å². The summed E-state index contributed by atoms with van der Waals surface area (Å²) in [5.74, 6) is 1.14. The maximum absolute atomic E-state index is 12.2. The second-order valence-electron chi connectivity index (χ2n) is 6.75. The Bertz CT molecular complexity index is 998. The molecule has 1 fully saturated rings. The molecule has 0 atom stereocenters. The number of esters is 1. The van der Waals surface area contributed by atoms with Crippen molar-refractivity contribution in [1.29, 1.82) is 0 Å². The molecular formula is C21H20N2O4. The van der Waals surface area contributed by atoms with Crippen LogP contribution in [0.15, 0.2) is 42.7 Å². The summed E-state index contributed by atoms with van der Waals surface area (Å²) < 4.78 is 10.9. The lowest BCUT2D eigenvalue weighted by molar-refractivity contribution is -0.120. The van der Waals surface area contributed by atoms with Crippen LogP contribution in [0.3, 0.4) is 0 Å². The summed E-state index contributed by atoms with van der Waals surface area (Å²) in [5, 5.41) is 0.925. The van der Waals surface area contributed by atoms with Crippen molar-refractivity contribution in [3.63, 3.8) is 0 Å². The number of aromatic nitrogens is 2. The minimum Gasteiger partial charge on any atom is -0.465 e. The zero-order valence-corrected chi connectivity index (χ0v) is 15.0. The van der Waals surface area contributed by atoms with Crippen LogP contribution in [-0.4, -0.2) is 28.8 Å².